The van der Waals surface area contributed by atoms with Crippen LogP contribution in [0.2, 0.25) is 0 Å². The standard InChI is InChI=1S/C10H17N3O2S/c1-7-10(8(2)12-11-7)13-16(14,15)9-5-3-4-6-9/h9,13H,3-6H2,1-2H3,(H,11,12). The van der Waals surface area contributed by atoms with E-state index in [4.69, 9.17) is 0 Å². The first-order valence-corrected chi connectivity index (χ1v) is 7.08. The number of sulfonamides is 1. The van der Waals surface area contributed by atoms with Gasteiger partial charge in [-0.3, -0.25) is 9.82 Å². The molecule has 0 radical (unpaired) electrons. The van der Waals surface area contributed by atoms with Gasteiger partial charge in [-0.15, -0.1) is 0 Å². The number of aryl methyl sites for hydroxylation is 2. The molecule has 90 valence electrons. The van der Waals surface area contributed by atoms with E-state index in [-0.39, 0.29) is 5.25 Å². The first-order chi connectivity index (χ1) is 7.50. The number of hydrogen-bond donors (Lipinski definition) is 2. The third-order valence-corrected chi connectivity index (χ3v) is 4.95. The van der Waals surface area contributed by atoms with Crippen molar-refractivity contribution in [3.05, 3.63) is 11.4 Å². The SMILES string of the molecule is Cc1n[nH]c(C)c1NS(=O)(=O)C1CCCC1. The molecule has 6 heteroatoms. The van der Waals surface area contributed by atoms with Gasteiger partial charge in [0.05, 0.1) is 22.3 Å². The molecule has 1 aromatic heterocycles. The normalized spacial score (nSPS) is 17.9. The molecule has 1 aliphatic rings. The van der Waals surface area contributed by atoms with Gasteiger partial charge in [-0.05, 0) is 26.7 Å². The second kappa shape index (κ2) is 4.08. The number of hydrogen-bond acceptors (Lipinski definition) is 3. The highest BCUT2D eigenvalue weighted by Gasteiger charge is 2.29. The summed E-state index contributed by atoms with van der Waals surface area (Å²) in [7, 11) is -3.24. The van der Waals surface area contributed by atoms with Gasteiger partial charge in [0.25, 0.3) is 0 Å². The van der Waals surface area contributed by atoms with Gasteiger partial charge < -0.3 is 0 Å². The minimum atomic E-state index is -3.24. The van der Waals surface area contributed by atoms with Gasteiger partial charge in [0, 0.05) is 0 Å². The molecule has 0 amide bonds. The molecule has 1 aromatic rings. The fraction of sp³-hybridized carbons (Fsp3) is 0.700. The molecule has 1 aliphatic carbocycles. The summed E-state index contributed by atoms with van der Waals surface area (Å²) in [5.74, 6) is 0. The molecular formula is C10H17N3O2S. The maximum atomic E-state index is 12.1. The van der Waals surface area contributed by atoms with Gasteiger partial charge in [-0.25, -0.2) is 8.42 Å². The number of aromatic nitrogens is 2. The van der Waals surface area contributed by atoms with Gasteiger partial charge in [0.2, 0.25) is 10.0 Å². The zero-order valence-corrected chi connectivity index (χ0v) is 10.4. The van der Waals surface area contributed by atoms with E-state index in [1.807, 2.05) is 6.92 Å². The van der Waals surface area contributed by atoms with Crippen molar-refractivity contribution in [1.82, 2.24) is 10.2 Å². The van der Waals surface area contributed by atoms with Crippen molar-refractivity contribution in [3.63, 3.8) is 0 Å². The minimum Gasteiger partial charge on any atom is -0.280 e. The number of rotatable bonds is 3. The molecule has 1 fully saturated rings. The molecule has 0 unspecified atom stereocenters. The summed E-state index contributed by atoms with van der Waals surface area (Å²) in [6.45, 7) is 3.60. The third-order valence-electron chi connectivity index (χ3n) is 3.11. The first-order valence-electron chi connectivity index (χ1n) is 5.54. The Kier molecular flexibility index (Phi) is 2.92. The lowest BCUT2D eigenvalue weighted by atomic mass is 10.3. The van der Waals surface area contributed by atoms with Crippen LogP contribution in [0.25, 0.3) is 0 Å². The monoisotopic (exact) mass is 243 g/mol. The summed E-state index contributed by atoms with van der Waals surface area (Å²) in [5.41, 5.74) is 2.06. The molecule has 5 nitrogen and oxygen atoms in total. The Morgan fingerprint density at radius 3 is 2.44 bits per heavy atom. The lowest BCUT2D eigenvalue weighted by Crippen LogP contribution is -2.25. The number of aromatic amines is 1. The van der Waals surface area contributed by atoms with E-state index in [9.17, 15) is 8.42 Å². The smallest absolute Gasteiger partial charge is 0.235 e. The third kappa shape index (κ3) is 2.07. The summed E-state index contributed by atoms with van der Waals surface area (Å²) < 4.78 is 26.8. The zero-order chi connectivity index (χ0) is 11.8. The molecule has 2 N–H and O–H groups in total. The second-order valence-corrected chi connectivity index (χ2v) is 6.32. The van der Waals surface area contributed by atoms with Gasteiger partial charge in [-0.2, -0.15) is 5.10 Å². The molecule has 0 aromatic carbocycles. The van der Waals surface area contributed by atoms with Crippen molar-refractivity contribution < 1.29 is 8.42 Å². The quantitative estimate of drug-likeness (QED) is 0.848. The molecule has 2 rings (SSSR count). The van der Waals surface area contributed by atoms with Crippen LogP contribution in [-0.2, 0) is 10.0 Å². The Morgan fingerprint density at radius 2 is 1.94 bits per heavy atom. The van der Waals surface area contributed by atoms with Crippen LogP contribution in [0.5, 0.6) is 0 Å². The molecule has 1 heterocycles. The predicted molar refractivity (Wildman–Crippen MR) is 62.9 cm³/mol. The molecule has 0 saturated heterocycles. The van der Waals surface area contributed by atoms with E-state index < -0.39 is 10.0 Å². The van der Waals surface area contributed by atoms with Crippen LogP contribution in [-0.4, -0.2) is 23.9 Å². The Morgan fingerprint density at radius 1 is 1.31 bits per heavy atom. The molecule has 0 atom stereocenters. The van der Waals surface area contributed by atoms with Crippen LogP contribution in [0, 0.1) is 13.8 Å². The molecular weight excluding hydrogens is 226 g/mol. The molecule has 0 bridgehead atoms. The van der Waals surface area contributed by atoms with Crippen molar-refractivity contribution in [1.29, 1.82) is 0 Å². The van der Waals surface area contributed by atoms with Crippen LogP contribution in [0.1, 0.15) is 37.1 Å². The van der Waals surface area contributed by atoms with E-state index in [1.54, 1.807) is 6.92 Å². The summed E-state index contributed by atoms with van der Waals surface area (Å²) in [4.78, 5) is 0. The number of nitrogens with zero attached hydrogens (tertiary/aromatic N) is 1. The lowest BCUT2D eigenvalue weighted by Gasteiger charge is -2.13. The second-order valence-electron chi connectivity index (χ2n) is 4.36. The zero-order valence-electron chi connectivity index (χ0n) is 9.58. The Bertz CT molecular complexity index is 453. The highest BCUT2D eigenvalue weighted by molar-refractivity contribution is 7.93. The minimum absolute atomic E-state index is 0.235. The molecule has 0 spiro atoms. The highest BCUT2D eigenvalue weighted by Crippen LogP contribution is 2.27. The first kappa shape index (κ1) is 11.4. The predicted octanol–water partition coefficient (Wildman–Crippen LogP) is 1.71. The number of H-pyrrole nitrogens is 1. The van der Waals surface area contributed by atoms with E-state index >= 15 is 0 Å². The van der Waals surface area contributed by atoms with E-state index in [0.717, 1.165) is 31.4 Å². The van der Waals surface area contributed by atoms with Gasteiger partial charge in [0.15, 0.2) is 0 Å². The summed E-state index contributed by atoms with van der Waals surface area (Å²) in [5, 5.41) is 6.51. The van der Waals surface area contributed by atoms with Crippen molar-refractivity contribution in [2.75, 3.05) is 4.72 Å². The maximum Gasteiger partial charge on any atom is 0.235 e. The Labute approximate surface area is 95.7 Å². The van der Waals surface area contributed by atoms with Crippen LogP contribution in [0.15, 0.2) is 0 Å². The average Bonchev–Trinajstić information content (AvgIpc) is 2.83. The topological polar surface area (TPSA) is 74.8 Å². The van der Waals surface area contributed by atoms with Crippen molar-refractivity contribution in [2.45, 2.75) is 44.8 Å². The summed E-state index contributed by atoms with van der Waals surface area (Å²) in [6.07, 6.45) is 3.56. The van der Waals surface area contributed by atoms with Gasteiger partial charge in [-0.1, -0.05) is 12.8 Å². The lowest BCUT2D eigenvalue weighted by molar-refractivity contribution is 0.585. The molecule has 0 aliphatic heterocycles. The maximum absolute atomic E-state index is 12.1. The van der Waals surface area contributed by atoms with Gasteiger partial charge in [0.1, 0.15) is 0 Å². The van der Waals surface area contributed by atoms with Crippen LogP contribution < -0.4 is 4.72 Å². The van der Waals surface area contributed by atoms with E-state index in [2.05, 4.69) is 14.9 Å². The van der Waals surface area contributed by atoms with Crippen LogP contribution in [0.3, 0.4) is 0 Å². The van der Waals surface area contributed by atoms with Gasteiger partial charge >= 0.3 is 0 Å². The summed E-state index contributed by atoms with van der Waals surface area (Å²) >= 11 is 0. The average molecular weight is 243 g/mol. The van der Waals surface area contributed by atoms with Crippen molar-refractivity contribution >= 4 is 15.7 Å². The highest BCUT2D eigenvalue weighted by atomic mass is 32.2. The number of anilines is 1. The summed E-state index contributed by atoms with van der Waals surface area (Å²) in [6, 6.07) is 0. The number of nitrogens with one attached hydrogen (secondary N) is 2. The van der Waals surface area contributed by atoms with Crippen molar-refractivity contribution in [2.24, 2.45) is 0 Å². The molecule has 16 heavy (non-hydrogen) atoms. The Hall–Kier alpha value is -1.04. The van der Waals surface area contributed by atoms with E-state index in [0.29, 0.717) is 11.4 Å². The van der Waals surface area contributed by atoms with Crippen LogP contribution >= 0.6 is 0 Å². The fourth-order valence-electron chi connectivity index (χ4n) is 2.13. The van der Waals surface area contributed by atoms with Crippen LogP contribution in [0.4, 0.5) is 5.69 Å². The van der Waals surface area contributed by atoms with Crippen molar-refractivity contribution in [3.8, 4) is 0 Å². The largest absolute Gasteiger partial charge is 0.280 e. The molecule has 1 saturated carbocycles. The fourth-order valence-corrected chi connectivity index (χ4v) is 3.83. The Balaban J connectivity index is 2.20. The van der Waals surface area contributed by atoms with E-state index in [1.165, 1.54) is 0 Å².